The summed E-state index contributed by atoms with van der Waals surface area (Å²) in [5.74, 6) is -1.72. The first-order valence-electron chi connectivity index (χ1n) is 8.17. The maximum atomic E-state index is 12.8. The first-order chi connectivity index (χ1) is 11.8. The molecule has 136 valence electrons. The van der Waals surface area contributed by atoms with Crippen molar-refractivity contribution in [3.05, 3.63) is 29.8 Å². The van der Waals surface area contributed by atoms with Crippen LogP contribution in [-0.4, -0.2) is 55.0 Å². The highest BCUT2D eigenvalue weighted by Crippen LogP contribution is 2.41. The first-order valence-corrected chi connectivity index (χ1v) is 9.99. The predicted molar refractivity (Wildman–Crippen MR) is 89.8 cm³/mol. The third-order valence-corrected chi connectivity index (χ3v) is 6.62. The van der Waals surface area contributed by atoms with Crippen LogP contribution >= 0.6 is 0 Å². The molecule has 0 aromatic heterocycles. The molecular formula is C17H21NO6S. The van der Waals surface area contributed by atoms with Gasteiger partial charge in [-0.05, 0) is 30.5 Å². The molecular weight excluding hydrogens is 346 g/mol. The Labute approximate surface area is 146 Å². The fourth-order valence-corrected chi connectivity index (χ4v) is 5.02. The molecule has 3 atom stereocenters. The predicted octanol–water partition coefficient (Wildman–Crippen LogP) is 0.932. The third-order valence-electron chi connectivity index (χ3n) is 4.87. The Hall–Kier alpha value is -2.09. The molecule has 3 unspecified atom stereocenters. The Morgan fingerprint density at radius 1 is 1.24 bits per heavy atom. The molecule has 1 heterocycles. The summed E-state index contributed by atoms with van der Waals surface area (Å²) in [6, 6.07) is 6.81. The number of amides is 1. The van der Waals surface area contributed by atoms with Crippen molar-refractivity contribution >= 4 is 21.7 Å². The second-order valence-electron chi connectivity index (χ2n) is 6.66. The maximum absolute atomic E-state index is 12.8. The summed E-state index contributed by atoms with van der Waals surface area (Å²) in [4.78, 5) is 25.4. The number of aliphatic carboxylic acids is 1. The van der Waals surface area contributed by atoms with Crippen molar-refractivity contribution in [2.45, 2.75) is 25.4 Å². The smallest absolute Gasteiger partial charge is 0.307 e. The molecule has 1 saturated heterocycles. The number of ether oxygens (including phenoxy) is 1. The quantitative estimate of drug-likeness (QED) is 0.803. The summed E-state index contributed by atoms with van der Waals surface area (Å²) < 4.78 is 28.7. The van der Waals surface area contributed by atoms with E-state index >= 15 is 0 Å². The number of sulfone groups is 1. The van der Waals surface area contributed by atoms with Crippen molar-refractivity contribution in [2.75, 3.05) is 18.6 Å². The maximum Gasteiger partial charge on any atom is 0.307 e. The van der Waals surface area contributed by atoms with Crippen molar-refractivity contribution in [1.29, 1.82) is 0 Å². The van der Waals surface area contributed by atoms with Gasteiger partial charge >= 0.3 is 5.97 Å². The van der Waals surface area contributed by atoms with Gasteiger partial charge in [-0.3, -0.25) is 9.59 Å². The molecule has 1 N–H and O–H groups in total. The van der Waals surface area contributed by atoms with Gasteiger partial charge in [0.2, 0.25) is 5.91 Å². The van der Waals surface area contributed by atoms with Crippen molar-refractivity contribution in [2.24, 2.45) is 11.8 Å². The minimum absolute atomic E-state index is 0.0562. The number of methoxy groups -OCH3 is 1. The molecule has 1 aliphatic carbocycles. The molecule has 7 nitrogen and oxygen atoms in total. The Morgan fingerprint density at radius 2 is 1.92 bits per heavy atom. The van der Waals surface area contributed by atoms with Crippen molar-refractivity contribution in [3.63, 3.8) is 0 Å². The van der Waals surface area contributed by atoms with E-state index in [1.165, 1.54) is 0 Å². The normalized spacial score (nSPS) is 26.8. The van der Waals surface area contributed by atoms with Crippen LogP contribution in [0.5, 0.6) is 5.75 Å². The minimum Gasteiger partial charge on any atom is -0.497 e. The van der Waals surface area contributed by atoms with Crippen molar-refractivity contribution < 1.29 is 27.9 Å². The molecule has 1 amide bonds. The third kappa shape index (κ3) is 3.95. The van der Waals surface area contributed by atoms with Crippen LogP contribution < -0.4 is 4.74 Å². The highest BCUT2D eigenvalue weighted by atomic mass is 32.2. The van der Waals surface area contributed by atoms with Gasteiger partial charge < -0.3 is 14.7 Å². The van der Waals surface area contributed by atoms with Gasteiger partial charge in [-0.2, -0.15) is 0 Å². The topological polar surface area (TPSA) is 101 Å². The number of nitrogens with zero attached hydrogens (tertiary/aromatic N) is 1. The molecule has 0 bridgehead atoms. The molecule has 1 aromatic rings. The number of hydrogen-bond acceptors (Lipinski definition) is 5. The first kappa shape index (κ1) is 17.7. The van der Waals surface area contributed by atoms with E-state index in [9.17, 15) is 18.0 Å². The van der Waals surface area contributed by atoms with E-state index in [1.54, 1.807) is 24.1 Å². The monoisotopic (exact) mass is 367 g/mol. The van der Waals surface area contributed by atoms with Gasteiger partial charge in [0.25, 0.3) is 0 Å². The molecule has 1 aliphatic heterocycles. The van der Waals surface area contributed by atoms with Gasteiger partial charge in [-0.15, -0.1) is 0 Å². The Kier molecular flexibility index (Phi) is 4.73. The van der Waals surface area contributed by atoms with Crippen molar-refractivity contribution in [3.8, 4) is 5.75 Å². The molecule has 0 spiro atoms. The van der Waals surface area contributed by atoms with Gasteiger partial charge in [0.05, 0.1) is 30.5 Å². The average molecular weight is 367 g/mol. The number of benzene rings is 1. The van der Waals surface area contributed by atoms with E-state index in [-0.39, 0.29) is 24.0 Å². The molecule has 3 rings (SSSR count). The van der Waals surface area contributed by atoms with Crippen LogP contribution in [0.25, 0.3) is 0 Å². The Balaban J connectivity index is 1.79. The van der Waals surface area contributed by atoms with Gasteiger partial charge in [-0.1, -0.05) is 12.1 Å². The fourth-order valence-electron chi connectivity index (χ4n) is 3.29. The molecule has 1 aromatic carbocycles. The van der Waals surface area contributed by atoms with Crippen LogP contribution in [0.4, 0.5) is 0 Å². The number of carboxylic acid groups (broad SMARTS) is 1. The van der Waals surface area contributed by atoms with E-state index in [4.69, 9.17) is 9.84 Å². The molecule has 8 heteroatoms. The summed E-state index contributed by atoms with van der Waals surface area (Å²) in [5, 5.41) is 9.07. The van der Waals surface area contributed by atoms with Crippen LogP contribution in [0.3, 0.4) is 0 Å². The summed E-state index contributed by atoms with van der Waals surface area (Å²) in [6.45, 7) is 0.270. The van der Waals surface area contributed by atoms with Gasteiger partial charge in [0, 0.05) is 12.6 Å². The number of carbonyl (C=O) groups is 2. The molecule has 0 radical (unpaired) electrons. The lowest BCUT2D eigenvalue weighted by atomic mass is 10.1. The number of rotatable bonds is 6. The van der Waals surface area contributed by atoms with Crippen LogP contribution in [0.15, 0.2) is 24.3 Å². The number of carbonyl (C=O) groups excluding carboxylic acids is 1. The van der Waals surface area contributed by atoms with E-state index in [0.717, 1.165) is 5.56 Å². The summed E-state index contributed by atoms with van der Waals surface area (Å²) in [5.41, 5.74) is 0.853. The SMILES string of the molecule is COc1ccc(CN(C(=O)C2CC2C(=O)O)C2CCS(=O)(=O)C2)cc1. The highest BCUT2D eigenvalue weighted by Gasteiger charge is 2.51. The van der Waals surface area contributed by atoms with Gasteiger partial charge in [0.1, 0.15) is 5.75 Å². The van der Waals surface area contributed by atoms with E-state index in [0.29, 0.717) is 18.6 Å². The van der Waals surface area contributed by atoms with Crippen molar-refractivity contribution in [1.82, 2.24) is 4.90 Å². The highest BCUT2D eigenvalue weighted by molar-refractivity contribution is 7.91. The summed E-state index contributed by atoms with van der Waals surface area (Å²) >= 11 is 0. The zero-order valence-corrected chi connectivity index (χ0v) is 14.7. The standard InChI is InChI=1S/C17H21NO6S/c1-24-13-4-2-11(3-5-13)9-18(12-6-7-25(22,23)10-12)16(19)14-8-15(14)17(20)21/h2-5,12,14-15H,6-10H2,1H3,(H,20,21). The summed E-state index contributed by atoms with van der Waals surface area (Å²) in [6.07, 6.45) is 0.724. The van der Waals surface area contributed by atoms with E-state index in [1.807, 2.05) is 12.1 Å². The fraction of sp³-hybridized carbons (Fsp3) is 0.529. The van der Waals surface area contributed by atoms with Gasteiger partial charge in [-0.25, -0.2) is 8.42 Å². The number of carboxylic acids is 1. The van der Waals surface area contributed by atoms with Crippen LogP contribution in [0.2, 0.25) is 0 Å². The largest absolute Gasteiger partial charge is 0.497 e. The van der Waals surface area contributed by atoms with Crippen LogP contribution in [0.1, 0.15) is 18.4 Å². The summed E-state index contributed by atoms with van der Waals surface area (Å²) in [7, 11) is -1.58. The lowest BCUT2D eigenvalue weighted by molar-refractivity contribution is -0.142. The molecule has 2 fully saturated rings. The zero-order valence-electron chi connectivity index (χ0n) is 13.9. The van der Waals surface area contributed by atoms with Crippen LogP contribution in [0, 0.1) is 11.8 Å². The lowest BCUT2D eigenvalue weighted by Gasteiger charge is -2.29. The Morgan fingerprint density at radius 3 is 2.40 bits per heavy atom. The van der Waals surface area contributed by atoms with Gasteiger partial charge in [0.15, 0.2) is 9.84 Å². The van der Waals surface area contributed by atoms with Crippen LogP contribution in [-0.2, 0) is 26.0 Å². The molecule has 1 saturated carbocycles. The molecule has 25 heavy (non-hydrogen) atoms. The average Bonchev–Trinajstić information content (AvgIpc) is 3.30. The minimum atomic E-state index is -3.14. The number of hydrogen-bond donors (Lipinski definition) is 1. The lowest BCUT2D eigenvalue weighted by Crippen LogP contribution is -2.42. The van der Waals surface area contributed by atoms with E-state index in [2.05, 4.69) is 0 Å². The van der Waals surface area contributed by atoms with E-state index < -0.39 is 33.7 Å². The Bertz CT molecular complexity index is 773. The second kappa shape index (κ2) is 6.67. The second-order valence-corrected chi connectivity index (χ2v) is 8.89. The molecule has 2 aliphatic rings. The zero-order chi connectivity index (χ0) is 18.2.